The molecule has 0 saturated heterocycles. The van der Waals surface area contributed by atoms with Crippen molar-refractivity contribution in [3.63, 3.8) is 0 Å². The lowest BCUT2D eigenvalue weighted by Crippen LogP contribution is -2.07. The largest absolute Gasteiger partial charge is 0.504 e. The van der Waals surface area contributed by atoms with Crippen molar-refractivity contribution in [2.45, 2.75) is 6.54 Å². The molecule has 0 aliphatic carbocycles. The molecule has 8 heteroatoms. The van der Waals surface area contributed by atoms with Crippen LogP contribution >= 0.6 is 11.6 Å². The molecule has 4 aromatic rings. The molecule has 7 nitrogen and oxygen atoms in total. The number of benzene rings is 1. The fourth-order valence-electron chi connectivity index (χ4n) is 2.75. The normalized spacial score (nSPS) is 11.1. The average molecular weight is 356 g/mol. The van der Waals surface area contributed by atoms with Gasteiger partial charge in [0.25, 0.3) is 0 Å². The van der Waals surface area contributed by atoms with Crippen molar-refractivity contribution in [3.05, 3.63) is 59.8 Å². The quantitative estimate of drug-likeness (QED) is 0.609. The Kier molecular flexibility index (Phi) is 3.77. The number of aromatic hydroxyl groups is 1. The number of hydrogen-bond acceptors (Lipinski definition) is 5. The van der Waals surface area contributed by atoms with Crippen LogP contribution in [0.5, 0.6) is 11.5 Å². The highest BCUT2D eigenvalue weighted by Crippen LogP contribution is 2.37. The number of aromatic nitrogens is 5. The van der Waals surface area contributed by atoms with Gasteiger partial charge in [-0.05, 0) is 18.2 Å². The highest BCUT2D eigenvalue weighted by atomic mass is 35.5. The number of halogens is 1. The van der Waals surface area contributed by atoms with Gasteiger partial charge in [0.15, 0.2) is 17.1 Å². The molecular weight excluding hydrogens is 342 g/mol. The van der Waals surface area contributed by atoms with Gasteiger partial charge in [0.1, 0.15) is 12.2 Å². The lowest BCUT2D eigenvalue weighted by molar-refractivity contribution is 0.373. The molecule has 0 amide bonds. The lowest BCUT2D eigenvalue weighted by Gasteiger charge is -2.12. The number of fused-ring (bicyclic) bond motifs is 1. The molecule has 126 valence electrons. The highest BCUT2D eigenvalue weighted by molar-refractivity contribution is 6.33. The van der Waals surface area contributed by atoms with Crippen LogP contribution in [-0.2, 0) is 6.54 Å². The predicted molar refractivity (Wildman–Crippen MR) is 93.0 cm³/mol. The topological polar surface area (TPSA) is 77.5 Å². The molecule has 0 unspecified atom stereocenters. The van der Waals surface area contributed by atoms with Crippen molar-refractivity contribution in [2.75, 3.05) is 7.11 Å². The van der Waals surface area contributed by atoms with E-state index in [1.807, 2.05) is 29.0 Å². The van der Waals surface area contributed by atoms with Gasteiger partial charge >= 0.3 is 0 Å². The number of ether oxygens (including phenoxy) is 1. The lowest BCUT2D eigenvalue weighted by atomic mass is 10.2. The standard InChI is InChI=1S/C17H14ClN5O2/c1-25-15-7-12(13(18)8-14(15)24)17-19-5-6-22(17)9-11-3-2-4-16-20-10-21-23(11)16/h2-8,10,24H,9H2,1H3. The third-order valence-corrected chi connectivity index (χ3v) is 4.25. The molecule has 3 heterocycles. The molecule has 0 aliphatic heterocycles. The van der Waals surface area contributed by atoms with Crippen molar-refractivity contribution in [3.8, 4) is 22.9 Å². The van der Waals surface area contributed by atoms with E-state index in [2.05, 4.69) is 15.1 Å². The Labute approximate surface area is 148 Å². The van der Waals surface area contributed by atoms with Gasteiger partial charge in [-0.2, -0.15) is 5.10 Å². The second-order valence-corrected chi connectivity index (χ2v) is 5.84. The van der Waals surface area contributed by atoms with Crippen LogP contribution in [0.2, 0.25) is 5.02 Å². The minimum absolute atomic E-state index is 0.0123. The summed E-state index contributed by atoms with van der Waals surface area (Å²) in [5.41, 5.74) is 2.41. The molecule has 1 aromatic carbocycles. The average Bonchev–Trinajstić information content (AvgIpc) is 3.25. The third kappa shape index (κ3) is 2.68. The first-order valence-corrected chi connectivity index (χ1v) is 7.91. The van der Waals surface area contributed by atoms with Gasteiger partial charge in [-0.3, -0.25) is 0 Å². The van der Waals surface area contributed by atoms with Crippen LogP contribution in [0, 0.1) is 0 Å². The third-order valence-electron chi connectivity index (χ3n) is 3.94. The molecule has 0 spiro atoms. The van der Waals surface area contributed by atoms with E-state index >= 15 is 0 Å². The Morgan fingerprint density at radius 1 is 1.24 bits per heavy atom. The minimum atomic E-state index is -0.0123. The zero-order chi connectivity index (χ0) is 17.4. The van der Waals surface area contributed by atoms with E-state index in [1.54, 1.807) is 16.8 Å². The number of phenolic OH excluding ortho intramolecular Hbond substituents is 1. The molecule has 1 N–H and O–H groups in total. The monoisotopic (exact) mass is 355 g/mol. The van der Waals surface area contributed by atoms with Crippen LogP contribution in [-0.4, -0.2) is 36.4 Å². The molecule has 0 fully saturated rings. The molecule has 3 aromatic heterocycles. The van der Waals surface area contributed by atoms with Crippen LogP contribution in [0.4, 0.5) is 0 Å². The zero-order valence-corrected chi connectivity index (χ0v) is 14.1. The minimum Gasteiger partial charge on any atom is -0.504 e. The number of nitrogens with zero attached hydrogens (tertiary/aromatic N) is 5. The number of hydrogen-bond donors (Lipinski definition) is 1. The summed E-state index contributed by atoms with van der Waals surface area (Å²) in [7, 11) is 1.49. The van der Waals surface area contributed by atoms with Crippen molar-refractivity contribution in [1.82, 2.24) is 24.1 Å². The van der Waals surface area contributed by atoms with Crippen LogP contribution in [0.1, 0.15) is 5.69 Å². The summed E-state index contributed by atoms with van der Waals surface area (Å²) >= 11 is 6.31. The summed E-state index contributed by atoms with van der Waals surface area (Å²) in [5, 5.41) is 14.5. The fraction of sp³-hybridized carbons (Fsp3) is 0.118. The summed E-state index contributed by atoms with van der Waals surface area (Å²) in [6.45, 7) is 0.537. The molecule has 4 rings (SSSR count). The zero-order valence-electron chi connectivity index (χ0n) is 13.3. The van der Waals surface area contributed by atoms with Gasteiger partial charge in [0, 0.05) is 24.0 Å². The van der Waals surface area contributed by atoms with Crippen LogP contribution in [0.3, 0.4) is 0 Å². The molecule has 0 saturated carbocycles. The maximum absolute atomic E-state index is 9.86. The van der Waals surface area contributed by atoms with Gasteiger partial charge in [-0.15, -0.1) is 0 Å². The number of pyridine rings is 1. The van der Waals surface area contributed by atoms with Crippen LogP contribution < -0.4 is 4.74 Å². The Bertz CT molecular complexity index is 1060. The summed E-state index contributed by atoms with van der Waals surface area (Å²) < 4.78 is 8.91. The van der Waals surface area contributed by atoms with E-state index in [0.29, 0.717) is 28.7 Å². The second-order valence-electron chi connectivity index (χ2n) is 5.43. The Balaban J connectivity index is 1.78. The van der Waals surface area contributed by atoms with E-state index in [-0.39, 0.29) is 5.75 Å². The Morgan fingerprint density at radius 3 is 2.96 bits per heavy atom. The van der Waals surface area contributed by atoms with E-state index < -0.39 is 0 Å². The molecule has 0 aliphatic rings. The molecule has 25 heavy (non-hydrogen) atoms. The van der Waals surface area contributed by atoms with E-state index in [0.717, 1.165) is 11.3 Å². The second kappa shape index (κ2) is 6.10. The molecule has 0 radical (unpaired) electrons. The van der Waals surface area contributed by atoms with E-state index in [1.165, 1.54) is 19.5 Å². The first-order chi connectivity index (χ1) is 12.2. The van der Waals surface area contributed by atoms with Gasteiger partial charge in [0.05, 0.1) is 24.4 Å². The van der Waals surface area contributed by atoms with Crippen LogP contribution in [0.15, 0.2) is 49.1 Å². The highest BCUT2D eigenvalue weighted by Gasteiger charge is 2.15. The SMILES string of the molecule is COc1cc(-c2nccn2Cc2cccc3ncnn23)c(Cl)cc1O. The Hall–Kier alpha value is -3.06. The molecule has 0 atom stereocenters. The van der Waals surface area contributed by atoms with E-state index in [9.17, 15) is 5.11 Å². The van der Waals surface area contributed by atoms with E-state index in [4.69, 9.17) is 16.3 Å². The number of rotatable bonds is 4. The maximum atomic E-state index is 9.86. The van der Waals surface area contributed by atoms with Crippen molar-refractivity contribution in [1.29, 1.82) is 0 Å². The smallest absolute Gasteiger partial charge is 0.161 e. The molecule has 0 bridgehead atoms. The van der Waals surface area contributed by atoms with Gasteiger partial charge in [-0.25, -0.2) is 14.5 Å². The van der Waals surface area contributed by atoms with Crippen molar-refractivity contribution in [2.24, 2.45) is 0 Å². The first-order valence-electron chi connectivity index (χ1n) is 7.53. The number of imidazole rings is 1. The summed E-state index contributed by atoms with van der Waals surface area (Å²) in [6, 6.07) is 8.93. The van der Waals surface area contributed by atoms with Gasteiger partial charge in [0.2, 0.25) is 0 Å². The van der Waals surface area contributed by atoms with Gasteiger partial charge < -0.3 is 14.4 Å². The van der Waals surface area contributed by atoms with Crippen molar-refractivity contribution < 1.29 is 9.84 Å². The Morgan fingerprint density at radius 2 is 2.12 bits per heavy atom. The number of methoxy groups -OCH3 is 1. The fourth-order valence-corrected chi connectivity index (χ4v) is 3.00. The number of phenols is 1. The van der Waals surface area contributed by atoms with Gasteiger partial charge in [-0.1, -0.05) is 17.7 Å². The summed E-state index contributed by atoms with van der Waals surface area (Å²) in [5.74, 6) is 0.995. The predicted octanol–water partition coefficient (Wildman–Crippen LogP) is 3.01. The van der Waals surface area contributed by atoms with Crippen LogP contribution in [0.25, 0.3) is 17.0 Å². The summed E-state index contributed by atoms with van der Waals surface area (Å²) in [4.78, 5) is 8.61. The van der Waals surface area contributed by atoms with Crippen molar-refractivity contribution >= 4 is 17.2 Å². The molecular formula is C17H14ClN5O2. The summed E-state index contributed by atoms with van der Waals surface area (Å²) in [6.07, 6.45) is 5.09. The first kappa shape index (κ1) is 15.5. The maximum Gasteiger partial charge on any atom is 0.161 e.